The Kier molecular flexibility index (Phi) is 5.50. The number of aryl methyl sites for hydroxylation is 1. The molecule has 0 atom stereocenters. The maximum atomic E-state index is 10.2. The molecular weight excluding hydrogens is 262 g/mol. The highest BCUT2D eigenvalue weighted by Crippen LogP contribution is 2.23. The van der Waals surface area contributed by atoms with E-state index in [1.165, 1.54) is 12.0 Å². The van der Waals surface area contributed by atoms with E-state index in [1.807, 2.05) is 36.4 Å². The molecule has 110 valence electrons. The summed E-state index contributed by atoms with van der Waals surface area (Å²) < 4.78 is 5.78. The molecule has 0 aliphatic rings. The molecule has 2 aromatic carbocycles. The Morgan fingerprint density at radius 1 is 0.905 bits per heavy atom. The van der Waals surface area contributed by atoms with Crippen molar-refractivity contribution < 1.29 is 4.74 Å². The Hall–Kier alpha value is -2.16. The highest BCUT2D eigenvalue weighted by molar-refractivity contribution is 5.34. The summed E-state index contributed by atoms with van der Waals surface area (Å²) in [5.41, 5.74) is 2.23. The molecule has 3 heteroatoms. The smallest absolute Gasteiger partial charge is 0.127 e. The van der Waals surface area contributed by atoms with Gasteiger partial charge in [0.1, 0.15) is 18.0 Å². The van der Waals surface area contributed by atoms with E-state index in [-0.39, 0.29) is 6.54 Å². The third kappa shape index (κ3) is 5.03. The molecule has 0 aromatic heterocycles. The lowest BCUT2D eigenvalue weighted by molar-refractivity contribution is 0.482. The largest absolute Gasteiger partial charge is 0.457 e. The molecule has 0 N–H and O–H groups in total. The molecule has 0 unspecified atom stereocenters. The number of benzene rings is 2. The normalized spacial score (nSPS) is 10.6. The first-order valence-corrected chi connectivity index (χ1v) is 7.32. The van der Waals surface area contributed by atoms with Gasteiger partial charge in [0.2, 0.25) is 0 Å². The third-order valence-electron chi connectivity index (χ3n) is 3.34. The van der Waals surface area contributed by atoms with Crippen LogP contribution in [0.1, 0.15) is 31.4 Å². The van der Waals surface area contributed by atoms with Gasteiger partial charge in [0.15, 0.2) is 0 Å². The second kappa shape index (κ2) is 7.58. The summed E-state index contributed by atoms with van der Waals surface area (Å²) in [6.07, 6.45) is 2.30. The number of hydrogen-bond acceptors (Lipinski definition) is 3. The Bertz CT molecular complexity index is 559. The topological polar surface area (TPSA) is 38.7 Å². The molecular formula is C18H21NO2. The van der Waals surface area contributed by atoms with E-state index in [0.29, 0.717) is 0 Å². The molecule has 0 bridgehead atoms. The van der Waals surface area contributed by atoms with Gasteiger partial charge in [-0.25, -0.2) is 0 Å². The van der Waals surface area contributed by atoms with Crippen molar-refractivity contribution in [2.45, 2.75) is 33.2 Å². The van der Waals surface area contributed by atoms with E-state index in [0.717, 1.165) is 29.4 Å². The first kappa shape index (κ1) is 15.2. The standard InChI is InChI=1S/C18H21NO2/c1-14(2)3-4-15-5-9-17(10-6-15)21-18-11-7-16(8-12-18)13-19-20/h5-12,14H,3-4,13H2,1-2H3. The van der Waals surface area contributed by atoms with Gasteiger partial charge >= 0.3 is 0 Å². The molecule has 0 radical (unpaired) electrons. The minimum atomic E-state index is 0.199. The van der Waals surface area contributed by atoms with Crippen LogP contribution in [0.2, 0.25) is 0 Å². The van der Waals surface area contributed by atoms with Crippen molar-refractivity contribution in [3.05, 3.63) is 64.6 Å². The van der Waals surface area contributed by atoms with Crippen LogP contribution in [-0.4, -0.2) is 0 Å². The van der Waals surface area contributed by atoms with Crippen LogP contribution in [0, 0.1) is 10.8 Å². The monoisotopic (exact) mass is 283 g/mol. The van der Waals surface area contributed by atoms with E-state index < -0.39 is 0 Å². The van der Waals surface area contributed by atoms with Crippen LogP contribution in [0.4, 0.5) is 0 Å². The molecule has 3 nitrogen and oxygen atoms in total. The fourth-order valence-electron chi connectivity index (χ4n) is 2.05. The van der Waals surface area contributed by atoms with E-state index >= 15 is 0 Å². The van der Waals surface area contributed by atoms with Crippen LogP contribution in [0.25, 0.3) is 0 Å². The summed E-state index contributed by atoms with van der Waals surface area (Å²) in [5, 5.41) is 2.87. The summed E-state index contributed by atoms with van der Waals surface area (Å²) in [7, 11) is 0. The van der Waals surface area contributed by atoms with Crippen LogP contribution >= 0.6 is 0 Å². The Morgan fingerprint density at radius 3 is 1.90 bits per heavy atom. The van der Waals surface area contributed by atoms with E-state index in [4.69, 9.17) is 4.74 Å². The average Bonchev–Trinajstić information content (AvgIpc) is 2.49. The minimum Gasteiger partial charge on any atom is -0.457 e. The number of hydrogen-bond donors (Lipinski definition) is 0. The van der Waals surface area contributed by atoms with Crippen molar-refractivity contribution in [1.29, 1.82) is 0 Å². The van der Waals surface area contributed by atoms with Crippen LogP contribution in [0.15, 0.2) is 53.7 Å². The zero-order valence-electron chi connectivity index (χ0n) is 12.6. The summed E-state index contributed by atoms with van der Waals surface area (Å²) in [4.78, 5) is 10.2. The lowest BCUT2D eigenvalue weighted by Gasteiger charge is -2.08. The molecule has 2 aromatic rings. The summed E-state index contributed by atoms with van der Waals surface area (Å²) in [6, 6.07) is 15.6. The lowest BCUT2D eigenvalue weighted by Crippen LogP contribution is -1.92. The SMILES string of the molecule is CC(C)CCc1ccc(Oc2ccc(CN=O)cc2)cc1. The maximum Gasteiger partial charge on any atom is 0.127 e. The van der Waals surface area contributed by atoms with Crippen molar-refractivity contribution >= 4 is 0 Å². The quantitative estimate of drug-likeness (QED) is 0.644. The van der Waals surface area contributed by atoms with Crippen LogP contribution in [-0.2, 0) is 13.0 Å². The van der Waals surface area contributed by atoms with Gasteiger partial charge in [0, 0.05) is 0 Å². The molecule has 0 aliphatic heterocycles. The molecule has 0 aliphatic carbocycles. The fourth-order valence-corrected chi connectivity index (χ4v) is 2.05. The van der Waals surface area contributed by atoms with E-state index in [2.05, 4.69) is 31.2 Å². The zero-order valence-corrected chi connectivity index (χ0v) is 12.6. The summed E-state index contributed by atoms with van der Waals surface area (Å²) >= 11 is 0. The molecule has 0 fully saturated rings. The van der Waals surface area contributed by atoms with Crippen molar-refractivity contribution in [2.24, 2.45) is 11.1 Å². The molecule has 2 rings (SSSR count). The summed E-state index contributed by atoms with van der Waals surface area (Å²) in [6.45, 7) is 4.67. The Labute approximate surface area is 125 Å². The van der Waals surface area contributed by atoms with E-state index in [1.54, 1.807) is 0 Å². The fraction of sp³-hybridized carbons (Fsp3) is 0.333. The number of rotatable bonds is 7. The molecule has 0 saturated carbocycles. The zero-order chi connectivity index (χ0) is 15.1. The highest BCUT2D eigenvalue weighted by atomic mass is 16.5. The van der Waals surface area contributed by atoms with Gasteiger partial charge in [-0.15, -0.1) is 0 Å². The van der Waals surface area contributed by atoms with Crippen LogP contribution in [0.5, 0.6) is 11.5 Å². The van der Waals surface area contributed by atoms with E-state index in [9.17, 15) is 4.91 Å². The maximum absolute atomic E-state index is 10.2. The van der Waals surface area contributed by atoms with Crippen molar-refractivity contribution in [3.8, 4) is 11.5 Å². The van der Waals surface area contributed by atoms with Crippen molar-refractivity contribution in [3.63, 3.8) is 0 Å². The third-order valence-corrected chi connectivity index (χ3v) is 3.34. The molecule has 0 saturated heterocycles. The highest BCUT2D eigenvalue weighted by Gasteiger charge is 2.00. The average molecular weight is 283 g/mol. The second-order valence-corrected chi connectivity index (χ2v) is 5.61. The van der Waals surface area contributed by atoms with Gasteiger partial charge in [0.05, 0.1) is 0 Å². The molecule has 0 amide bonds. The van der Waals surface area contributed by atoms with Gasteiger partial charge in [-0.2, -0.15) is 4.91 Å². The minimum absolute atomic E-state index is 0.199. The van der Waals surface area contributed by atoms with Gasteiger partial charge in [-0.1, -0.05) is 43.3 Å². The van der Waals surface area contributed by atoms with Gasteiger partial charge in [-0.3, -0.25) is 0 Å². The van der Waals surface area contributed by atoms with Crippen LogP contribution in [0.3, 0.4) is 0 Å². The number of nitrogens with zero attached hydrogens (tertiary/aromatic N) is 1. The number of nitroso groups, excluding NO2 is 1. The Balaban J connectivity index is 1.94. The van der Waals surface area contributed by atoms with Crippen molar-refractivity contribution in [2.75, 3.05) is 0 Å². The van der Waals surface area contributed by atoms with Crippen LogP contribution < -0.4 is 4.74 Å². The number of ether oxygens (including phenoxy) is 1. The molecule has 0 spiro atoms. The van der Waals surface area contributed by atoms with Crippen molar-refractivity contribution in [1.82, 2.24) is 0 Å². The van der Waals surface area contributed by atoms with Gasteiger partial charge < -0.3 is 4.74 Å². The summed E-state index contributed by atoms with van der Waals surface area (Å²) in [5.74, 6) is 2.31. The molecule has 21 heavy (non-hydrogen) atoms. The van der Waals surface area contributed by atoms with Gasteiger partial charge in [0.25, 0.3) is 0 Å². The van der Waals surface area contributed by atoms with Gasteiger partial charge in [-0.05, 0) is 54.2 Å². The first-order chi connectivity index (χ1) is 10.2. The lowest BCUT2D eigenvalue weighted by atomic mass is 10.0. The predicted molar refractivity (Wildman–Crippen MR) is 85.6 cm³/mol. The molecule has 0 heterocycles. The Morgan fingerprint density at radius 2 is 1.43 bits per heavy atom. The first-order valence-electron chi connectivity index (χ1n) is 7.32. The second-order valence-electron chi connectivity index (χ2n) is 5.61. The predicted octanol–water partition coefficient (Wildman–Crippen LogP) is 5.33.